The minimum atomic E-state index is -3.60. The Morgan fingerprint density at radius 1 is 1.11 bits per heavy atom. The Kier molecular flexibility index (Phi) is 5.92. The smallest absolute Gasteiger partial charge is 0.251 e. The SMILES string of the molecule is O=C([C@H](O)Cc1ccccc1)N1CC[C@@H](c2ccccc2F)S(=O)(=O)CC1. The van der Waals surface area contributed by atoms with Gasteiger partial charge in [-0.1, -0.05) is 48.5 Å². The third-order valence-corrected chi connectivity index (χ3v) is 6.97. The molecule has 0 radical (unpaired) electrons. The van der Waals surface area contributed by atoms with Crippen molar-refractivity contribution in [3.8, 4) is 0 Å². The summed E-state index contributed by atoms with van der Waals surface area (Å²) in [5.41, 5.74) is 0.960. The number of carbonyl (C=O) groups excluding carboxylic acids is 1. The van der Waals surface area contributed by atoms with Gasteiger partial charge in [0.1, 0.15) is 11.9 Å². The number of hydrogen-bond acceptors (Lipinski definition) is 4. The molecule has 0 aliphatic carbocycles. The number of hydrogen-bond donors (Lipinski definition) is 1. The molecule has 27 heavy (non-hydrogen) atoms. The van der Waals surface area contributed by atoms with Gasteiger partial charge in [0.2, 0.25) is 0 Å². The summed E-state index contributed by atoms with van der Waals surface area (Å²) in [6.45, 7) is 0.154. The first-order valence-electron chi connectivity index (χ1n) is 8.85. The molecule has 1 aliphatic heterocycles. The molecule has 1 fully saturated rings. The van der Waals surface area contributed by atoms with E-state index in [1.165, 1.54) is 23.1 Å². The maximum absolute atomic E-state index is 14.1. The molecule has 1 N–H and O–H groups in total. The molecule has 5 nitrogen and oxygen atoms in total. The fourth-order valence-corrected chi connectivity index (χ4v) is 5.19. The first-order valence-corrected chi connectivity index (χ1v) is 10.6. The lowest BCUT2D eigenvalue weighted by atomic mass is 10.1. The molecule has 2 atom stereocenters. The highest BCUT2D eigenvalue weighted by Gasteiger charge is 2.35. The van der Waals surface area contributed by atoms with E-state index < -0.39 is 32.9 Å². The Labute approximate surface area is 158 Å². The standard InChI is InChI=1S/C20H22FNO4S/c21-17-9-5-4-8-16(17)19-10-11-22(12-13-27(19,25)26)20(24)18(23)14-15-6-2-1-3-7-15/h1-9,18-19,23H,10-14H2/t18-,19+/m1/s1. The summed E-state index contributed by atoms with van der Waals surface area (Å²) in [5, 5.41) is 9.29. The minimum Gasteiger partial charge on any atom is -0.383 e. The Balaban J connectivity index is 1.73. The van der Waals surface area contributed by atoms with Crippen LogP contribution in [0.4, 0.5) is 4.39 Å². The molecule has 1 saturated heterocycles. The van der Waals surface area contributed by atoms with Crippen molar-refractivity contribution >= 4 is 15.7 Å². The molecule has 144 valence electrons. The number of halogens is 1. The van der Waals surface area contributed by atoms with E-state index in [4.69, 9.17) is 0 Å². The Morgan fingerprint density at radius 2 is 1.78 bits per heavy atom. The van der Waals surface area contributed by atoms with Crippen LogP contribution in [0.15, 0.2) is 54.6 Å². The van der Waals surface area contributed by atoms with Crippen LogP contribution in [0.2, 0.25) is 0 Å². The number of aliphatic hydroxyl groups excluding tert-OH is 1. The number of sulfone groups is 1. The molecule has 1 aliphatic rings. The molecular formula is C20H22FNO4S. The number of rotatable bonds is 4. The zero-order chi connectivity index (χ0) is 19.4. The van der Waals surface area contributed by atoms with E-state index in [1.807, 2.05) is 30.3 Å². The van der Waals surface area contributed by atoms with E-state index >= 15 is 0 Å². The topological polar surface area (TPSA) is 74.7 Å². The van der Waals surface area contributed by atoms with Gasteiger partial charge in [-0.3, -0.25) is 4.79 Å². The van der Waals surface area contributed by atoms with Gasteiger partial charge in [-0.25, -0.2) is 12.8 Å². The van der Waals surface area contributed by atoms with Crippen LogP contribution in [0.3, 0.4) is 0 Å². The molecule has 0 bridgehead atoms. The largest absolute Gasteiger partial charge is 0.383 e. The van der Waals surface area contributed by atoms with Gasteiger partial charge in [0, 0.05) is 25.1 Å². The van der Waals surface area contributed by atoms with Gasteiger partial charge >= 0.3 is 0 Å². The average Bonchev–Trinajstić information content (AvgIpc) is 2.80. The van der Waals surface area contributed by atoms with Crippen molar-refractivity contribution in [3.05, 3.63) is 71.5 Å². The lowest BCUT2D eigenvalue weighted by molar-refractivity contribution is -0.139. The molecule has 2 aromatic carbocycles. The molecule has 0 aromatic heterocycles. The van der Waals surface area contributed by atoms with Crippen LogP contribution in [0.1, 0.15) is 22.8 Å². The van der Waals surface area contributed by atoms with E-state index in [0.29, 0.717) is 0 Å². The Hall–Kier alpha value is -2.25. The van der Waals surface area contributed by atoms with Gasteiger partial charge in [0.25, 0.3) is 5.91 Å². The molecule has 0 spiro atoms. The maximum atomic E-state index is 14.1. The van der Waals surface area contributed by atoms with Gasteiger partial charge in [-0.2, -0.15) is 0 Å². The zero-order valence-corrected chi connectivity index (χ0v) is 15.6. The number of carbonyl (C=O) groups is 1. The van der Waals surface area contributed by atoms with E-state index in [1.54, 1.807) is 6.07 Å². The molecule has 7 heteroatoms. The summed E-state index contributed by atoms with van der Waals surface area (Å²) >= 11 is 0. The van der Waals surface area contributed by atoms with Crippen LogP contribution in [0.5, 0.6) is 0 Å². The first kappa shape index (κ1) is 19.5. The maximum Gasteiger partial charge on any atom is 0.251 e. The highest BCUT2D eigenvalue weighted by atomic mass is 32.2. The van der Waals surface area contributed by atoms with Crippen molar-refractivity contribution in [1.29, 1.82) is 0 Å². The van der Waals surface area contributed by atoms with E-state index in [-0.39, 0.29) is 37.2 Å². The molecule has 0 unspecified atom stereocenters. The second-order valence-electron chi connectivity index (χ2n) is 6.70. The fraction of sp³-hybridized carbons (Fsp3) is 0.350. The van der Waals surface area contributed by atoms with Gasteiger partial charge in [0.15, 0.2) is 9.84 Å². The monoisotopic (exact) mass is 391 g/mol. The van der Waals surface area contributed by atoms with Crippen LogP contribution in [-0.4, -0.2) is 49.3 Å². The van der Waals surface area contributed by atoms with Gasteiger partial charge in [-0.05, 0) is 18.1 Å². The van der Waals surface area contributed by atoms with Crippen LogP contribution in [-0.2, 0) is 21.1 Å². The van der Waals surface area contributed by atoms with Crippen molar-refractivity contribution in [3.63, 3.8) is 0 Å². The third kappa shape index (κ3) is 4.54. The molecule has 3 rings (SSSR count). The van der Waals surface area contributed by atoms with Gasteiger partial charge in [-0.15, -0.1) is 0 Å². The van der Waals surface area contributed by atoms with E-state index in [9.17, 15) is 22.7 Å². The quantitative estimate of drug-likeness (QED) is 0.866. The number of benzene rings is 2. The van der Waals surface area contributed by atoms with E-state index in [0.717, 1.165) is 5.56 Å². The number of nitrogens with zero attached hydrogens (tertiary/aromatic N) is 1. The van der Waals surface area contributed by atoms with Crippen LogP contribution in [0, 0.1) is 5.82 Å². The predicted octanol–water partition coefficient (Wildman–Crippen LogP) is 2.12. The van der Waals surface area contributed by atoms with Crippen molar-refractivity contribution in [2.75, 3.05) is 18.8 Å². The van der Waals surface area contributed by atoms with Crippen molar-refractivity contribution < 1.29 is 22.7 Å². The molecule has 1 heterocycles. The highest BCUT2D eigenvalue weighted by Crippen LogP contribution is 2.31. The fourth-order valence-electron chi connectivity index (χ4n) is 3.39. The van der Waals surface area contributed by atoms with Crippen molar-refractivity contribution in [2.24, 2.45) is 0 Å². The summed E-state index contributed by atoms with van der Waals surface area (Å²) in [5.74, 6) is -1.31. The summed E-state index contributed by atoms with van der Waals surface area (Å²) in [6.07, 6.45) is -0.965. The normalized spacial score (nSPS) is 20.7. The lowest BCUT2D eigenvalue weighted by Gasteiger charge is -2.23. The Bertz CT molecular complexity index is 901. The molecular weight excluding hydrogens is 369 g/mol. The average molecular weight is 391 g/mol. The second kappa shape index (κ2) is 8.19. The summed E-state index contributed by atoms with van der Waals surface area (Å²) in [4.78, 5) is 14.0. The molecule has 1 amide bonds. The van der Waals surface area contributed by atoms with Crippen LogP contribution in [0.25, 0.3) is 0 Å². The zero-order valence-electron chi connectivity index (χ0n) is 14.8. The van der Waals surface area contributed by atoms with Gasteiger partial charge < -0.3 is 10.0 Å². The molecule has 0 saturated carbocycles. The highest BCUT2D eigenvalue weighted by molar-refractivity contribution is 7.91. The lowest BCUT2D eigenvalue weighted by Crippen LogP contribution is -2.41. The number of aliphatic hydroxyl groups is 1. The summed E-state index contributed by atoms with van der Waals surface area (Å²) in [6, 6.07) is 15.0. The number of amides is 1. The third-order valence-electron chi connectivity index (χ3n) is 4.86. The summed E-state index contributed by atoms with van der Waals surface area (Å²) < 4.78 is 39.3. The molecule has 2 aromatic rings. The Morgan fingerprint density at radius 3 is 2.48 bits per heavy atom. The van der Waals surface area contributed by atoms with Crippen molar-refractivity contribution in [1.82, 2.24) is 4.90 Å². The van der Waals surface area contributed by atoms with Crippen molar-refractivity contribution in [2.45, 2.75) is 24.2 Å². The minimum absolute atomic E-state index is 0.00201. The summed E-state index contributed by atoms with van der Waals surface area (Å²) in [7, 11) is -3.60. The van der Waals surface area contributed by atoms with Crippen LogP contribution >= 0.6 is 0 Å². The van der Waals surface area contributed by atoms with E-state index in [2.05, 4.69) is 0 Å². The first-order chi connectivity index (χ1) is 12.9. The van der Waals surface area contributed by atoms with Crippen LogP contribution < -0.4 is 0 Å². The second-order valence-corrected chi connectivity index (χ2v) is 9.00. The van der Waals surface area contributed by atoms with Gasteiger partial charge in [0.05, 0.1) is 11.0 Å². The predicted molar refractivity (Wildman–Crippen MR) is 100 cm³/mol.